The van der Waals surface area contributed by atoms with Crippen LogP contribution < -0.4 is 16.2 Å². The van der Waals surface area contributed by atoms with Crippen molar-refractivity contribution in [3.05, 3.63) is 45.3 Å². The van der Waals surface area contributed by atoms with E-state index in [1.54, 1.807) is 18.2 Å². The van der Waals surface area contributed by atoms with Crippen LogP contribution >= 0.6 is 34.5 Å². The molecule has 0 unspecified atom stereocenters. The van der Waals surface area contributed by atoms with Crippen molar-refractivity contribution < 1.29 is 19.1 Å². The van der Waals surface area contributed by atoms with Gasteiger partial charge in [0.1, 0.15) is 22.1 Å². The highest BCUT2D eigenvalue weighted by Gasteiger charge is 2.45. The van der Waals surface area contributed by atoms with Gasteiger partial charge in [0, 0.05) is 17.5 Å². The topological polar surface area (TPSA) is 134 Å². The third-order valence-corrected chi connectivity index (χ3v) is 7.48. The van der Waals surface area contributed by atoms with Gasteiger partial charge in [-0.1, -0.05) is 23.2 Å². The molecule has 1 aliphatic heterocycles. The summed E-state index contributed by atoms with van der Waals surface area (Å²) in [5.74, 6) is -1.00. The molecule has 182 valence electrons. The van der Waals surface area contributed by atoms with E-state index in [1.165, 1.54) is 25.0 Å². The van der Waals surface area contributed by atoms with Crippen LogP contribution in [0.2, 0.25) is 10.0 Å². The number of carbonyl (C=O) groups excluding carboxylic acids is 2. The van der Waals surface area contributed by atoms with Crippen LogP contribution in [0.4, 0.5) is 5.95 Å². The first-order valence-electron chi connectivity index (χ1n) is 10.9. The van der Waals surface area contributed by atoms with Crippen molar-refractivity contribution in [2.75, 3.05) is 32.0 Å². The number of nitrogens with two attached hydrogens (primary N) is 2. The van der Waals surface area contributed by atoms with Crippen LogP contribution in [-0.4, -0.2) is 58.6 Å². The Kier molecular flexibility index (Phi) is 6.30. The number of esters is 1. The van der Waals surface area contributed by atoms with Crippen molar-refractivity contribution >= 4 is 62.6 Å². The molecule has 0 radical (unpaired) electrons. The van der Waals surface area contributed by atoms with E-state index < -0.39 is 17.5 Å². The van der Waals surface area contributed by atoms with Crippen molar-refractivity contribution in [3.63, 3.8) is 0 Å². The monoisotopic (exact) mass is 533 g/mol. The number of rotatable bonds is 8. The van der Waals surface area contributed by atoms with Crippen molar-refractivity contribution in [1.29, 1.82) is 0 Å². The molecule has 12 heteroatoms. The zero-order chi connectivity index (χ0) is 24.7. The average molecular weight is 534 g/mol. The fraction of sp³-hybridized carbons (Fsp3) is 0.304. The quantitative estimate of drug-likeness (QED) is 0.330. The van der Waals surface area contributed by atoms with Gasteiger partial charge < -0.3 is 20.9 Å². The third-order valence-electron chi connectivity index (χ3n) is 5.87. The van der Waals surface area contributed by atoms with E-state index in [-0.39, 0.29) is 10.8 Å². The SMILES string of the molecule is NC(=O)C1(OC(=O)c2cc3c(-c4cc(OCCN5CCCC5)c(Cl)cc4Cl)nc(N)nc3s2)C=C1. The highest BCUT2D eigenvalue weighted by Crippen LogP contribution is 2.41. The first-order chi connectivity index (χ1) is 16.8. The molecule has 2 aromatic heterocycles. The highest BCUT2D eigenvalue weighted by molar-refractivity contribution is 7.20. The lowest BCUT2D eigenvalue weighted by atomic mass is 10.1. The van der Waals surface area contributed by atoms with E-state index in [4.69, 9.17) is 44.1 Å². The minimum Gasteiger partial charge on any atom is -0.491 e. The molecule has 1 aliphatic carbocycles. The second-order valence-electron chi connectivity index (χ2n) is 8.30. The smallest absolute Gasteiger partial charge is 0.350 e. The number of fused-ring (bicyclic) bond motifs is 1. The van der Waals surface area contributed by atoms with Gasteiger partial charge in [-0.2, -0.15) is 0 Å². The number of thiophene rings is 1. The van der Waals surface area contributed by atoms with Gasteiger partial charge in [0.25, 0.3) is 5.91 Å². The Morgan fingerprint density at radius 1 is 1.11 bits per heavy atom. The zero-order valence-electron chi connectivity index (χ0n) is 18.4. The fourth-order valence-corrected chi connectivity index (χ4v) is 5.36. The molecule has 0 atom stereocenters. The summed E-state index contributed by atoms with van der Waals surface area (Å²) in [6.07, 6.45) is 5.24. The van der Waals surface area contributed by atoms with Crippen LogP contribution in [0.25, 0.3) is 21.5 Å². The van der Waals surface area contributed by atoms with Crippen molar-refractivity contribution in [3.8, 4) is 17.0 Å². The fourth-order valence-electron chi connectivity index (χ4n) is 3.92. The Morgan fingerprint density at radius 3 is 2.54 bits per heavy atom. The molecule has 2 aliphatic rings. The van der Waals surface area contributed by atoms with Gasteiger partial charge >= 0.3 is 5.97 Å². The lowest BCUT2D eigenvalue weighted by Crippen LogP contribution is -2.36. The minimum atomic E-state index is -1.47. The lowest BCUT2D eigenvalue weighted by molar-refractivity contribution is -0.127. The van der Waals surface area contributed by atoms with E-state index >= 15 is 0 Å². The van der Waals surface area contributed by atoms with E-state index in [2.05, 4.69) is 14.9 Å². The summed E-state index contributed by atoms with van der Waals surface area (Å²) < 4.78 is 11.2. The summed E-state index contributed by atoms with van der Waals surface area (Å²) in [6, 6.07) is 4.87. The van der Waals surface area contributed by atoms with Crippen LogP contribution in [0.1, 0.15) is 22.5 Å². The molecule has 0 bridgehead atoms. The molecule has 5 rings (SSSR count). The molecule has 3 aromatic rings. The van der Waals surface area contributed by atoms with Gasteiger partial charge in [-0.05, 0) is 56.3 Å². The van der Waals surface area contributed by atoms with Crippen molar-refractivity contribution in [2.24, 2.45) is 5.73 Å². The number of aromatic nitrogens is 2. The van der Waals surface area contributed by atoms with E-state index in [0.717, 1.165) is 31.0 Å². The third kappa shape index (κ3) is 4.79. The molecule has 1 saturated heterocycles. The summed E-state index contributed by atoms with van der Waals surface area (Å²) in [5.41, 5.74) is 10.7. The van der Waals surface area contributed by atoms with Crippen LogP contribution in [0.5, 0.6) is 5.75 Å². The number of nitrogen functional groups attached to an aromatic ring is 1. The van der Waals surface area contributed by atoms with Gasteiger partial charge in [0.05, 0.1) is 15.7 Å². The summed E-state index contributed by atoms with van der Waals surface area (Å²) in [7, 11) is 0. The van der Waals surface area contributed by atoms with Crippen LogP contribution in [0.15, 0.2) is 30.4 Å². The first-order valence-corrected chi connectivity index (χ1v) is 12.5. The average Bonchev–Trinajstić information content (AvgIpc) is 3.20. The molecule has 35 heavy (non-hydrogen) atoms. The second-order valence-corrected chi connectivity index (χ2v) is 10.1. The normalized spacial score (nSPS) is 16.5. The number of hydrogen-bond donors (Lipinski definition) is 2. The van der Waals surface area contributed by atoms with Crippen LogP contribution in [-0.2, 0) is 9.53 Å². The number of likely N-dealkylation sites (tertiary alicyclic amines) is 1. The number of amides is 1. The molecule has 9 nitrogen and oxygen atoms in total. The summed E-state index contributed by atoms with van der Waals surface area (Å²) in [6.45, 7) is 3.42. The minimum absolute atomic E-state index is 0.00857. The van der Waals surface area contributed by atoms with Gasteiger partial charge in [0.15, 0.2) is 0 Å². The summed E-state index contributed by atoms with van der Waals surface area (Å²) in [5, 5.41) is 1.26. The number of benzene rings is 1. The van der Waals surface area contributed by atoms with E-state index in [1.807, 2.05) is 0 Å². The summed E-state index contributed by atoms with van der Waals surface area (Å²) in [4.78, 5) is 35.9. The Balaban J connectivity index is 1.45. The molecule has 4 N–H and O–H groups in total. The standard InChI is InChI=1S/C23H21Cl2N5O4S/c24-14-11-15(25)16(33-8-7-30-5-1-2-6-30)9-12(14)18-13-10-17(35-19(13)29-22(27)28-18)20(31)34-23(3-4-23)21(26)32/h3-4,9-11H,1-2,5-8H2,(H2,26,32)(H2,27,28,29). The molecule has 1 amide bonds. The molecule has 1 fully saturated rings. The molecule has 0 saturated carbocycles. The maximum Gasteiger partial charge on any atom is 0.350 e. The number of ether oxygens (including phenoxy) is 2. The largest absolute Gasteiger partial charge is 0.491 e. The number of anilines is 1. The van der Waals surface area contributed by atoms with Gasteiger partial charge in [-0.15, -0.1) is 11.3 Å². The first kappa shape index (κ1) is 23.8. The molecular weight excluding hydrogens is 513 g/mol. The molecule has 3 heterocycles. The zero-order valence-corrected chi connectivity index (χ0v) is 20.8. The second kappa shape index (κ2) is 9.27. The molecular formula is C23H21Cl2N5O4S. The predicted octanol–water partition coefficient (Wildman–Crippen LogP) is 3.67. The molecule has 1 aromatic carbocycles. The number of hydrogen-bond acceptors (Lipinski definition) is 9. The lowest BCUT2D eigenvalue weighted by Gasteiger charge is -2.16. The van der Waals surface area contributed by atoms with E-state index in [9.17, 15) is 9.59 Å². The van der Waals surface area contributed by atoms with Gasteiger partial charge in [-0.25, -0.2) is 14.8 Å². The number of nitrogens with zero attached hydrogens (tertiary/aromatic N) is 3. The Labute approximate surface area is 214 Å². The molecule has 0 spiro atoms. The Bertz CT molecular complexity index is 1360. The van der Waals surface area contributed by atoms with Crippen LogP contribution in [0, 0.1) is 0 Å². The Morgan fingerprint density at radius 2 is 1.86 bits per heavy atom. The Hall–Kier alpha value is -2.92. The summed E-state index contributed by atoms with van der Waals surface area (Å²) >= 11 is 14.0. The number of halogens is 2. The maximum absolute atomic E-state index is 12.7. The van der Waals surface area contributed by atoms with Crippen LogP contribution in [0.3, 0.4) is 0 Å². The van der Waals surface area contributed by atoms with Crippen molar-refractivity contribution in [2.45, 2.75) is 18.4 Å². The number of carbonyl (C=O) groups is 2. The highest BCUT2D eigenvalue weighted by atomic mass is 35.5. The predicted molar refractivity (Wildman–Crippen MR) is 135 cm³/mol. The van der Waals surface area contributed by atoms with E-state index in [0.29, 0.717) is 43.9 Å². The van der Waals surface area contributed by atoms with Gasteiger partial charge in [-0.3, -0.25) is 9.69 Å². The maximum atomic E-state index is 12.7. The number of primary amides is 1. The van der Waals surface area contributed by atoms with Gasteiger partial charge in [0.2, 0.25) is 11.5 Å². The van der Waals surface area contributed by atoms with Crippen molar-refractivity contribution in [1.82, 2.24) is 14.9 Å².